The van der Waals surface area contributed by atoms with Gasteiger partial charge in [-0.05, 0) is 60.6 Å². The van der Waals surface area contributed by atoms with E-state index in [0.717, 1.165) is 55.1 Å². The topological polar surface area (TPSA) is 83.6 Å². The number of rotatable bonds is 8. The van der Waals surface area contributed by atoms with Crippen molar-refractivity contribution in [1.29, 1.82) is 0 Å². The largest absolute Gasteiger partial charge is 0.497 e. The van der Waals surface area contributed by atoms with Crippen LogP contribution in [0.5, 0.6) is 5.75 Å². The van der Waals surface area contributed by atoms with Crippen molar-refractivity contribution in [3.8, 4) is 5.75 Å². The number of hydrogen-bond acceptors (Lipinski definition) is 7. The molecular weight excluding hydrogens is 520 g/mol. The van der Waals surface area contributed by atoms with Gasteiger partial charge < -0.3 is 29.3 Å². The van der Waals surface area contributed by atoms with E-state index in [2.05, 4.69) is 43.1 Å². The Kier molecular flexibility index (Phi) is 9.36. The van der Waals surface area contributed by atoms with Crippen molar-refractivity contribution < 1.29 is 23.8 Å². The van der Waals surface area contributed by atoms with E-state index < -0.39 is 0 Å². The van der Waals surface area contributed by atoms with Crippen LogP contribution in [-0.2, 0) is 25.6 Å². The molecule has 9 nitrogen and oxygen atoms in total. The van der Waals surface area contributed by atoms with Gasteiger partial charge in [0.15, 0.2) is 6.79 Å². The van der Waals surface area contributed by atoms with Crippen molar-refractivity contribution in [2.45, 2.75) is 71.2 Å². The Bertz CT molecular complexity index is 1150. The molecule has 1 aromatic rings. The fraction of sp³-hybridized carbons (Fsp3) is 0.625. The van der Waals surface area contributed by atoms with E-state index in [1.165, 1.54) is 0 Å². The summed E-state index contributed by atoms with van der Waals surface area (Å²) in [5.74, 6) is 1.94. The van der Waals surface area contributed by atoms with Gasteiger partial charge in [0, 0.05) is 51.7 Å². The summed E-state index contributed by atoms with van der Waals surface area (Å²) < 4.78 is 16.8. The Morgan fingerprint density at radius 1 is 1.20 bits per heavy atom. The maximum atomic E-state index is 14.1. The fourth-order valence-electron chi connectivity index (χ4n) is 6.28. The van der Waals surface area contributed by atoms with Crippen LogP contribution < -0.4 is 10.1 Å². The van der Waals surface area contributed by atoms with Crippen molar-refractivity contribution >= 4 is 11.8 Å². The molecule has 0 aromatic heterocycles. The molecule has 3 saturated heterocycles. The molecule has 4 aliphatic rings. The van der Waals surface area contributed by atoms with Crippen molar-refractivity contribution in [1.82, 2.24) is 20.0 Å². The summed E-state index contributed by atoms with van der Waals surface area (Å²) in [5.41, 5.74) is 2.02. The minimum Gasteiger partial charge on any atom is -0.497 e. The highest BCUT2D eigenvalue weighted by molar-refractivity contribution is 5.83. The molecule has 1 aromatic carbocycles. The summed E-state index contributed by atoms with van der Waals surface area (Å²) in [6, 6.07) is 7.56. The van der Waals surface area contributed by atoms with Crippen LogP contribution >= 0.6 is 0 Å². The molecule has 3 unspecified atom stereocenters. The molecule has 3 fully saturated rings. The second-order valence-electron chi connectivity index (χ2n) is 12.9. The van der Waals surface area contributed by atoms with Crippen LogP contribution in [0.3, 0.4) is 0 Å². The number of likely N-dealkylation sites (tertiary alicyclic amines) is 1. The van der Waals surface area contributed by atoms with E-state index >= 15 is 0 Å². The van der Waals surface area contributed by atoms with Crippen LogP contribution in [0.15, 0.2) is 47.7 Å². The molecule has 5 rings (SSSR count). The van der Waals surface area contributed by atoms with Gasteiger partial charge in [0.1, 0.15) is 17.6 Å². The first-order valence-corrected chi connectivity index (χ1v) is 15.0. The number of hydrogen-bond donors (Lipinski definition) is 1. The number of carbonyl (C=O) groups excluding carboxylic acids is 2. The normalized spacial score (nSPS) is 25.1. The molecule has 3 aliphatic heterocycles. The summed E-state index contributed by atoms with van der Waals surface area (Å²) in [4.78, 5) is 34.2. The summed E-state index contributed by atoms with van der Waals surface area (Å²) in [6.45, 7) is 11.6. The van der Waals surface area contributed by atoms with Crippen LogP contribution in [0.25, 0.3) is 0 Å². The summed E-state index contributed by atoms with van der Waals surface area (Å²) in [7, 11) is 1.66. The standard InChI is InChI=1S/C32H46N4O5/c1-32(2,3)18-30(37)36(20-23-7-5-8-26(15-23)39-4)25-17-27(31(38)34-13-6-11-33-12-14-34)35(21-25)19-24-9-10-28-29(16-24)41-22-40-28/h5,7-9,15-16,25,27-28,33H,6,10-14,17-22H2,1-4H3. The monoisotopic (exact) mass is 566 g/mol. The highest BCUT2D eigenvalue weighted by atomic mass is 16.7. The van der Waals surface area contributed by atoms with E-state index in [-0.39, 0.29) is 35.4 Å². The van der Waals surface area contributed by atoms with E-state index in [1.807, 2.05) is 34.1 Å². The van der Waals surface area contributed by atoms with Gasteiger partial charge in [-0.1, -0.05) is 39.0 Å². The third-order valence-electron chi connectivity index (χ3n) is 8.37. The molecule has 0 bridgehead atoms. The van der Waals surface area contributed by atoms with Gasteiger partial charge in [-0.2, -0.15) is 0 Å². The second kappa shape index (κ2) is 13.0. The Morgan fingerprint density at radius 3 is 2.85 bits per heavy atom. The molecule has 3 heterocycles. The Labute approximate surface area is 244 Å². The van der Waals surface area contributed by atoms with Crippen LogP contribution in [0.4, 0.5) is 0 Å². The molecule has 9 heteroatoms. The predicted octanol–water partition coefficient (Wildman–Crippen LogP) is 3.31. The van der Waals surface area contributed by atoms with E-state index in [0.29, 0.717) is 45.8 Å². The minimum absolute atomic E-state index is 0.000445. The second-order valence-corrected chi connectivity index (χ2v) is 12.9. The molecule has 0 saturated carbocycles. The lowest BCUT2D eigenvalue weighted by Crippen LogP contribution is -2.47. The van der Waals surface area contributed by atoms with E-state index in [1.54, 1.807) is 7.11 Å². The predicted molar refractivity (Wildman–Crippen MR) is 157 cm³/mol. The average Bonchev–Trinajstić information content (AvgIpc) is 3.48. The van der Waals surface area contributed by atoms with Crippen LogP contribution in [0.1, 0.15) is 52.0 Å². The van der Waals surface area contributed by atoms with Crippen LogP contribution in [-0.4, -0.2) is 97.9 Å². The lowest BCUT2D eigenvalue weighted by Gasteiger charge is -2.32. The molecule has 1 aliphatic carbocycles. The van der Waals surface area contributed by atoms with Crippen molar-refractivity contribution in [3.05, 3.63) is 53.3 Å². The van der Waals surface area contributed by atoms with E-state index in [4.69, 9.17) is 14.2 Å². The van der Waals surface area contributed by atoms with Gasteiger partial charge in [0.25, 0.3) is 0 Å². The van der Waals surface area contributed by atoms with Gasteiger partial charge in [0.05, 0.1) is 13.2 Å². The van der Waals surface area contributed by atoms with Crippen molar-refractivity contribution in [3.63, 3.8) is 0 Å². The maximum Gasteiger partial charge on any atom is 0.240 e. The maximum absolute atomic E-state index is 14.1. The fourth-order valence-corrected chi connectivity index (χ4v) is 6.28. The third kappa shape index (κ3) is 7.50. The molecule has 3 atom stereocenters. The third-order valence-corrected chi connectivity index (χ3v) is 8.37. The Hall–Kier alpha value is -2.88. The smallest absolute Gasteiger partial charge is 0.240 e. The number of nitrogens with zero attached hydrogens (tertiary/aromatic N) is 3. The number of carbonyl (C=O) groups is 2. The lowest BCUT2D eigenvalue weighted by atomic mass is 9.91. The van der Waals surface area contributed by atoms with Crippen LogP contribution in [0.2, 0.25) is 0 Å². The molecule has 0 spiro atoms. The van der Waals surface area contributed by atoms with Crippen molar-refractivity contribution in [2.24, 2.45) is 5.41 Å². The first-order chi connectivity index (χ1) is 19.7. The molecule has 224 valence electrons. The zero-order valence-electron chi connectivity index (χ0n) is 25.1. The van der Waals surface area contributed by atoms with Gasteiger partial charge in [-0.25, -0.2) is 0 Å². The molecular formula is C32H46N4O5. The SMILES string of the molecule is COc1cccc(CN(C(=O)CC(C)(C)C)C2CC(C(=O)N3CCCNCC3)N(CC3=CCC4OCOC4=C3)C2)c1. The molecule has 2 amide bonds. The quantitative estimate of drug-likeness (QED) is 0.517. The molecule has 1 N–H and O–H groups in total. The number of nitrogens with one attached hydrogen (secondary N) is 1. The van der Waals surface area contributed by atoms with Gasteiger partial charge >= 0.3 is 0 Å². The van der Waals surface area contributed by atoms with Crippen LogP contribution in [0, 0.1) is 5.41 Å². The highest BCUT2D eigenvalue weighted by Crippen LogP contribution is 2.32. The number of methoxy groups -OCH3 is 1. The number of ether oxygens (including phenoxy) is 3. The zero-order chi connectivity index (χ0) is 29.0. The Balaban J connectivity index is 1.41. The van der Waals surface area contributed by atoms with Crippen molar-refractivity contribution in [2.75, 3.05) is 53.2 Å². The minimum atomic E-state index is -0.286. The summed E-state index contributed by atoms with van der Waals surface area (Å²) in [6.07, 6.45) is 7.07. The average molecular weight is 567 g/mol. The Morgan fingerprint density at radius 2 is 2.05 bits per heavy atom. The summed E-state index contributed by atoms with van der Waals surface area (Å²) >= 11 is 0. The summed E-state index contributed by atoms with van der Waals surface area (Å²) in [5, 5.41) is 3.41. The number of fused-ring (bicyclic) bond motifs is 1. The molecule has 0 radical (unpaired) electrons. The number of benzene rings is 1. The first kappa shape index (κ1) is 29.6. The van der Waals surface area contributed by atoms with Gasteiger partial charge in [0.2, 0.25) is 11.8 Å². The van der Waals surface area contributed by atoms with Gasteiger partial charge in [-0.3, -0.25) is 14.5 Å². The lowest BCUT2D eigenvalue weighted by molar-refractivity contribution is -0.137. The van der Waals surface area contributed by atoms with Gasteiger partial charge in [-0.15, -0.1) is 0 Å². The highest BCUT2D eigenvalue weighted by Gasteiger charge is 2.43. The number of amides is 2. The molecule has 41 heavy (non-hydrogen) atoms. The zero-order valence-corrected chi connectivity index (χ0v) is 25.1. The van der Waals surface area contributed by atoms with E-state index in [9.17, 15) is 9.59 Å². The first-order valence-electron chi connectivity index (χ1n) is 15.0.